The fourth-order valence-corrected chi connectivity index (χ4v) is 16.4. The maximum atomic E-state index is 15.4. The van der Waals surface area contributed by atoms with E-state index in [0.29, 0.717) is 44.1 Å². The van der Waals surface area contributed by atoms with Crippen LogP contribution in [0, 0.1) is 28.1 Å². The van der Waals surface area contributed by atoms with Crippen LogP contribution in [-0.4, -0.2) is 338 Å². The Balaban J connectivity index is 0.921. The van der Waals surface area contributed by atoms with Gasteiger partial charge in [0.2, 0.25) is 6.29 Å². The van der Waals surface area contributed by atoms with Crippen molar-refractivity contribution in [3.8, 4) is 0 Å². The van der Waals surface area contributed by atoms with Crippen LogP contribution in [0.4, 0.5) is 0 Å². The highest BCUT2D eigenvalue weighted by atomic mass is 16.8. The number of carbonyl (C=O) groups excluding carboxylic acids is 1. The molecular formula is C56H90O33. The Morgan fingerprint density at radius 2 is 0.775 bits per heavy atom. The van der Waals surface area contributed by atoms with Crippen LogP contribution in [0.2, 0.25) is 0 Å². The van der Waals surface area contributed by atoms with E-state index in [2.05, 4.69) is 13.5 Å². The number of carbonyl (C=O) groups is 1. The van der Waals surface area contributed by atoms with Crippen LogP contribution in [-0.2, 0) is 61.6 Å². The number of aliphatic hydroxyl groups is 20. The molecule has 6 saturated heterocycles. The van der Waals surface area contributed by atoms with Gasteiger partial charge in [-0.3, -0.25) is 4.79 Å². The third kappa shape index (κ3) is 12.3. The minimum absolute atomic E-state index is 0.154. The van der Waals surface area contributed by atoms with Gasteiger partial charge in [0, 0.05) is 0 Å². The van der Waals surface area contributed by atoms with Crippen LogP contribution >= 0.6 is 0 Å². The number of ether oxygens (including phenoxy) is 12. The molecule has 10 rings (SSSR count). The van der Waals surface area contributed by atoms with E-state index in [-0.39, 0.29) is 25.2 Å². The fraction of sp³-hybridized carbons (Fsp3) is 0.946. The van der Waals surface area contributed by atoms with Gasteiger partial charge in [0.25, 0.3) is 0 Å². The van der Waals surface area contributed by atoms with E-state index in [1.807, 2.05) is 0 Å². The van der Waals surface area contributed by atoms with Crippen molar-refractivity contribution < 1.29 is 164 Å². The van der Waals surface area contributed by atoms with Crippen LogP contribution < -0.4 is 0 Å². The number of hydrogen-bond acceptors (Lipinski definition) is 33. The number of esters is 1. The van der Waals surface area contributed by atoms with Gasteiger partial charge in [-0.25, -0.2) is 0 Å². The Hall–Kier alpha value is -2.03. The molecule has 0 amide bonds. The molecule has 10 aliphatic rings. The maximum Gasteiger partial charge on any atom is 0.314 e. The quantitative estimate of drug-likeness (QED) is 0.0344. The first kappa shape index (κ1) is 69.8. The van der Waals surface area contributed by atoms with Crippen LogP contribution in [0.15, 0.2) is 12.2 Å². The summed E-state index contributed by atoms with van der Waals surface area (Å²) in [6.07, 6.45) is -51.9. The molecule has 36 atom stereocenters. The summed E-state index contributed by atoms with van der Waals surface area (Å²) in [6.45, 7) is 3.03. The predicted molar refractivity (Wildman–Crippen MR) is 284 cm³/mol. The zero-order valence-corrected chi connectivity index (χ0v) is 49.0. The van der Waals surface area contributed by atoms with Gasteiger partial charge in [-0.15, -0.1) is 0 Å². The van der Waals surface area contributed by atoms with E-state index < -0.39 is 258 Å². The van der Waals surface area contributed by atoms with E-state index in [9.17, 15) is 102 Å². The number of fused-ring (bicyclic) bond motifs is 3. The molecule has 10 fully saturated rings. The average molecular weight is 1290 g/mol. The van der Waals surface area contributed by atoms with Crippen LogP contribution in [0.5, 0.6) is 0 Å². The number of aliphatic hydroxyl groups excluding tert-OH is 20. The first-order valence-electron chi connectivity index (χ1n) is 30.4. The van der Waals surface area contributed by atoms with Gasteiger partial charge in [0.15, 0.2) is 37.6 Å². The number of hydrogen-bond donors (Lipinski definition) is 20. The lowest BCUT2D eigenvalue weighted by molar-refractivity contribution is -0.400. The lowest BCUT2D eigenvalue weighted by Crippen LogP contribution is -2.68. The highest BCUT2D eigenvalue weighted by Gasteiger charge is 2.70. The highest BCUT2D eigenvalue weighted by molar-refractivity contribution is 5.77. The molecule has 1 spiro atoms. The molecule has 4 aliphatic carbocycles. The summed E-state index contributed by atoms with van der Waals surface area (Å²) in [5.74, 6) is -1.44. The summed E-state index contributed by atoms with van der Waals surface area (Å²) < 4.78 is 72.9. The minimum Gasteiger partial charge on any atom is -0.432 e. The first-order chi connectivity index (χ1) is 42.1. The molecule has 2 bridgehead atoms. The van der Waals surface area contributed by atoms with E-state index in [1.165, 1.54) is 0 Å². The SMILES string of the molecule is C=C1C[C@@]23CCC4[C@](C)(C(=O)OC5OC(CO)C(O)C(OC6OC(CO)C(O)C(O)C6O)C5OC5OC(CO)C(O)C(O)C5O)CCC[C@@]4(C)[C@@H]2CCC1(OC1OC(CO)C(O)C(OC2OC(CO)C(O)C(O)C2O)C1OC1OC(CO)C(O)C(O)C1O)C3. The van der Waals surface area contributed by atoms with Crippen LogP contribution in [0.3, 0.4) is 0 Å². The van der Waals surface area contributed by atoms with Crippen molar-refractivity contribution in [2.24, 2.45) is 28.1 Å². The molecule has 0 aromatic heterocycles. The van der Waals surface area contributed by atoms with Gasteiger partial charge in [-0.05, 0) is 86.5 Å². The second-order valence-electron chi connectivity index (χ2n) is 26.4. The average Bonchev–Trinajstić information content (AvgIpc) is 1.62. The highest BCUT2D eigenvalue weighted by Crippen LogP contribution is 2.74. The zero-order valence-electron chi connectivity index (χ0n) is 49.0. The summed E-state index contributed by atoms with van der Waals surface area (Å²) in [4.78, 5) is 15.4. The van der Waals surface area contributed by atoms with E-state index >= 15 is 4.79 Å². The summed E-state index contributed by atoms with van der Waals surface area (Å²) in [6, 6.07) is 0. The largest absolute Gasteiger partial charge is 0.432 e. The molecule has 512 valence electrons. The van der Waals surface area contributed by atoms with E-state index in [1.54, 1.807) is 6.92 Å². The van der Waals surface area contributed by atoms with Gasteiger partial charge in [-0.1, -0.05) is 19.9 Å². The third-order valence-electron chi connectivity index (χ3n) is 21.3. The Morgan fingerprint density at radius 3 is 1.18 bits per heavy atom. The summed E-state index contributed by atoms with van der Waals surface area (Å²) in [7, 11) is 0. The monoisotopic (exact) mass is 1290 g/mol. The normalized spacial score (nSPS) is 54.5. The molecule has 33 nitrogen and oxygen atoms in total. The van der Waals surface area contributed by atoms with Gasteiger partial charge >= 0.3 is 5.97 Å². The standard InChI is InChI=1S/C56H90O33/c1-19-11-55-9-5-26-53(2,7-4-8-54(26,3)52(77)88-50-44(86-48-40(75)36(71)30(65)22(14-59)80-48)42(32(67)24(16-61)82-50)84-46-38(73)34(69)28(63)20(12-57)78-46)27(55)6-10-56(19,18-55)89-51-45(87-49-41(76)37(72)31(66)23(15-60)81-49)43(33(68)25(17-62)83-51)85-47-39(74)35(70)29(64)21(13-58)79-47/h20-51,57-76H,1,4-18H2,2-3H3/t20?,21?,22?,23?,24?,25?,26?,27-,28?,29?,30?,31?,32?,33?,34?,35?,36?,37?,38?,39?,40?,41?,42?,43?,44?,45?,46?,47?,48?,49?,50?,51?,53+,54+,55+,56?/m0/s1. The van der Waals surface area contributed by atoms with Crippen molar-refractivity contribution >= 4 is 5.97 Å². The molecule has 32 unspecified atom stereocenters. The fourth-order valence-electron chi connectivity index (χ4n) is 16.4. The summed E-state index contributed by atoms with van der Waals surface area (Å²) >= 11 is 0. The van der Waals surface area contributed by atoms with Crippen molar-refractivity contribution in [1.82, 2.24) is 0 Å². The molecule has 0 aromatic carbocycles. The molecule has 0 aromatic rings. The first-order valence-corrected chi connectivity index (χ1v) is 30.4. The molecule has 33 heteroatoms. The van der Waals surface area contributed by atoms with Crippen molar-refractivity contribution in [2.75, 3.05) is 39.6 Å². The smallest absolute Gasteiger partial charge is 0.314 e. The van der Waals surface area contributed by atoms with E-state index in [0.717, 1.165) is 0 Å². The van der Waals surface area contributed by atoms with Crippen molar-refractivity contribution in [2.45, 2.75) is 261 Å². The van der Waals surface area contributed by atoms with Gasteiger partial charge in [-0.2, -0.15) is 0 Å². The van der Waals surface area contributed by atoms with Crippen molar-refractivity contribution in [1.29, 1.82) is 0 Å². The van der Waals surface area contributed by atoms with E-state index in [4.69, 9.17) is 56.8 Å². The Morgan fingerprint density at radius 1 is 0.427 bits per heavy atom. The molecule has 4 saturated carbocycles. The molecule has 20 N–H and O–H groups in total. The predicted octanol–water partition coefficient (Wildman–Crippen LogP) is -9.47. The van der Waals surface area contributed by atoms with Crippen LogP contribution in [0.25, 0.3) is 0 Å². The van der Waals surface area contributed by atoms with Crippen LogP contribution in [0.1, 0.15) is 71.6 Å². The number of rotatable bonds is 18. The second-order valence-corrected chi connectivity index (χ2v) is 26.4. The lowest BCUT2D eigenvalue weighted by atomic mass is 9.41. The van der Waals surface area contributed by atoms with Crippen molar-refractivity contribution in [3.63, 3.8) is 0 Å². The minimum atomic E-state index is -2.08. The van der Waals surface area contributed by atoms with Gasteiger partial charge in [0.05, 0.1) is 50.7 Å². The second kappa shape index (κ2) is 27.2. The lowest BCUT2D eigenvalue weighted by Gasteiger charge is -2.64. The Bertz CT molecular complexity index is 2390. The maximum absolute atomic E-state index is 15.4. The van der Waals surface area contributed by atoms with Gasteiger partial charge in [0.1, 0.15) is 140 Å². The van der Waals surface area contributed by atoms with Crippen molar-refractivity contribution in [3.05, 3.63) is 12.2 Å². The van der Waals surface area contributed by atoms with Gasteiger partial charge < -0.3 is 159 Å². The molecule has 0 radical (unpaired) electrons. The molecular weight excluding hydrogens is 1200 g/mol. The Kier molecular flexibility index (Phi) is 21.4. The summed E-state index contributed by atoms with van der Waals surface area (Å²) in [5.41, 5.74) is -3.24. The molecule has 89 heavy (non-hydrogen) atoms. The molecule has 6 heterocycles. The third-order valence-corrected chi connectivity index (χ3v) is 21.3. The Labute approximate surface area is 509 Å². The molecule has 6 aliphatic heterocycles. The summed E-state index contributed by atoms with van der Waals surface area (Å²) in [5, 5.41) is 215. The topological polar surface area (TPSA) is 532 Å². The zero-order chi connectivity index (χ0) is 64.7.